The number of benzene rings is 1. The number of hydrogen-bond acceptors (Lipinski definition) is 7. The lowest BCUT2D eigenvalue weighted by atomic mass is 9.93. The molecule has 0 aliphatic carbocycles. The fourth-order valence-electron chi connectivity index (χ4n) is 3.15. The lowest BCUT2D eigenvalue weighted by molar-refractivity contribution is -0.154. The van der Waals surface area contributed by atoms with E-state index in [2.05, 4.69) is 18.8 Å². The van der Waals surface area contributed by atoms with E-state index in [1.807, 2.05) is 25.1 Å². The van der Waals surface area contributed by atoms with Gasteiger partial charge in [0.15, 0.2) is 17.2 Å². The molecule has 0 bridgehead atoms. The Morgan fingerprint density at radius 1 is 1.12 bits per heavy atom. The third-order valence-electron chi connectivity index (χ3n) is 5.02. The number of aromatic hydroxyl groups is 1. The summed E-state index contributed by atoms with van der Waals surface area (Å²) in [4.78, 5) is 25.8. The molecule has 0 saturated carbocycles. The van der Waals surface area contributed by atoms with Crippen LogP contribution in [0.15, 0.2) is 36.5 Å². The van der Waals surface area contributed by atoms with Crippen LogP contribution in [0.5, 0.6) is 17.2 Å². The van der Waals surface area contributed by atoms with Crippen LogP contribution in [-0.2, 0) is 9.53 Å². The Hall–Kier alpha value is -3.00. The summed E-state index contributed by atoms with van der Waals surface area (Å²) in [6, 6.07) is 8.81. The summed E-state index contributed by atoms with van der Waals surface area (Å²) in [6.45, 7) is 7.90. The highest BCUT2D eigenvalue weighted by Gasteiger charge is 2.29. The van der Waals surface area contributed by atoms with Crippen LogP contribution in [-0.4, -0.2) is 41.3 Å². The number of hydrogen-bond donors (Lipinski definition) is 2. The Kier molecular flexibility index (Phi) is 12.1. The molecule has 2 atom stereocenters. The van der Waals surface area contributed by atoms with Crippen molar-refractivity contribution in [2.24, 2.45) is 11.7 Å². The summed E-state index contributed by atoms with van der Waals surface area (Å²) in [5, 5.41) is 9.84. The molecule has 0 spiro atoms. The second-order valence-electron chi connectivity index (χ2n) is 7.21. The van der Waals surface area contributed by atoms with Gasteiger partial charge < -0.3 is 25.1 Å². The third kappa shape index (κ3) is 8.46. The molecule has 9 heteroatoms. The number of pyridine rings is 1. The minimum Gasteiger partial charge on any atom is -0.503 e. The van der Waals surface area contributed by atoms with Crippen molar-refractivity contribution < 1.29 is 28.9 Å². The van der Waals surface area contributed by atoms with Gasteiger partial charge in [-0.3, -0.25) is 9.59 Å². The van der Waals surface area contributed by atoms with Crippen LogP contribution < -0.4 is 15.2 Å². The Morgan fingerprint density at radius 3 is 2.27 bits per heavy atom. The molecule has 0 aliphatic rings. The van der Waals surface area contributed by atoms with E-state index in [1.54, 1.807) is 13.0 Å². The van der Waals surface area contributed by atoms with Crippen molar-refractivity contribution in [3.63, 3.8) is 0 Å². The van der Waals surface area contributed by atoms with Crippen molar-refractivity contribution in [3.8, 4) is 17.2 Å². The van der Waals surface area contributed by atoms with Gasteiger partial charge in [0.05, 0.1) is 12.1 Å². The summed E-state index contributed by atoms with van der Waals surface area (Å²) < 4.78 is 16.3. The number of esters is 1. The summed E-state index contributed by atoms with van der Waals surface area (Å²) in [7, 11) is 1.37. The lowest BCUT2D eigenvalue weighted by Crippen LogP contribution is -2.39. The molecule has 1 aromatic heterocycles. The van der Waals surface area contributed by atoms with E-state index in [4.69, 9.17) is 31.5 Å². The van der Waals surface area contributed by atoms with E-state index < -0.39 is 5.91 Å². The minimum absolute atomic E-state index is 0.179. The fourth-order valence-corrected chi connectivity index (χ4v) is 3.33. The first-order valence-corrected chi connectivity index (χ1v) is 11.2. The van der Waals surface area contributed by atoms with Crippen molar-refractivity contribution in [3.05, 3.63) is 47.2 Å². The van der Waals surface area contributed by atoms with Gasteiger partial charge in [-0.1, -0.05) is 44.5 Å². The average molecular weight is 481 g/mol. The molecular weight excluding hydrogens is 448 g/mol. The number of carbonyl (C=O) groups is 2. The van der Waals surface area contributed by atoms with Crippen LogP contribution in [0.2, 0.25) is 5.02 Å². The molecule has 1 heterocycles. The molecule has 2 rings (SSSR count). The number of para-hydroxylation sites is 1. The molecule has 3 N–H and O–H groups in total. The number of carbonyl (C=O) groups excluding carboxylic acids is 2. The van der Waals surface area contributed by atoms with Crippen LogP contribution in [0, 0.1) is 5.92 Å². The molecule has 0 radical (unpaired) electrons. The first-order valence-electron chi connectivity index (χ1n) is 10.8. The quantitative estimate of drug-likeness (QED) is 0.470. The van der Waals surface area contributed by atoms with Gasteiger partial charge in [0, 0.05) is 18.7 Å². The number of rotatable bonds is 10. The second kappa shape index (κ2) is 14.2. The number of primary amides is 1. The predicted octanol–water partition coefficient (Wildman–Crippen LogP) is 4.76. The summed E-state index contributed by atoms with van der Waals surface area (Å²) in [6.07, 6.45) is 3.11. The molecule has 182 valence electrons. The van der Waals surface area contributed by atoms with Gasteiger partial charge in [-0.2, -0.15) is 0 Å². The number of amides is 1. The topological polar surface area (TPSA) is 121 Å². The molecular formula is C24H33ClN2O6. The fraction of sp³-hybridized carbons (Fsp3) is 0.458. The molecule has 0 saturated heterocycles. The molecule has 0 aliphatic heterocycles. The summed E-state index contributed by atoms with van der Waals surface area (Å²) >= 11 is 6.16. The number of nitrogens with zero attached hydrogens (tertiary/aromatic N) is 1. The first kappa shape index (κ1) is 28.0. The van der Waals surface area contributed by atoms with E-state index in [0.29, 0.717) is 23.1 Å². The molecule has 1 unspecified atom stereocenters. The van der Waals surface area contributed by atoms with Crippen LogP contribution in [0.1, 0.15) is 57.4 Å². The Morgan fingerprint density at radius 2 is 1.76 bits per heavy atom. The van der Waals surface area contributed by atoms with E-state index in [-0.39, 0.29) is 35.4 Å². The zero-order valence-corrected chi connectivity index (χ0v) is 20.5. The lowest BCUT2D eigenvalue weighted by Gasteiger charge is -2.31. The third-order valence-corrected chi connectivity index (χ3v) is 5.33. The van der Waals surface area contributed by atoms with Crippen LogP contribution in [0.3, 0.4) is 0 Å². The number of halogens is 1. The normalized spacial score (nSPS) is 12.2. The Balaban J connectivity index is 0.000000383. The van der Waals surface area contributed by atoms with Crippen LogP contribution >= 0.6 is 11.6 Å². The molecule has 8 nitrogen and oxygen atoms in total. The van der Waals surface area contributed by atoms with Crippen molar-refractivity contribution in [1.82, 2.24) is 4.98 Å². The first-order chi connectivity index (χ1) is 15.7. The number of aromatic nitrogens is 1. The van der Waals surface area contributed by atoms with Gasteiger partial charge in [0.1, 0.15) is 18.0 Å². The van der Waals surface area contributed by atoms with E-state index in [1.165, 1.54) is 19.4 Å². The van der Waals surface area contributed by atoms with Gasteiger partial charge in [0.25, 0.3) is 5.91 Å². The van der Waals surface area contributed by atoms with Crippen molar-refractivity contribution >= 4 is 23.5 Å². The summed E-state index contributed by atoms with van der Waals surface area (Å²) in [5.74, 6) is -0.199. The van der Waals surface area contributed by atoms with Gasteiger partial charge >= 0.3 is 5.97 Å². The highest BCUT2D eigenvalue weighted by molar-refractivity contribution is 6.32. The maximum absolute atomic E-state index is 11.5. The van der Waals surface area contributed by atoms with Crippen LogP contribution in [0.25, 0.3) is 0 Å². The van der Waals surface area contributed by atoms with E-state index >= 15 is 0 Å². The maximum atomic E-state index is 11.5. The second-order valence-corrected chi connectivity index (χ2v) is 7.62. The van der Waals surface area contributed by atoms with Crippen LogP contribution in [0.4, 0.5) is 0 Å². The van der Waals surface area contributed by atoms with Gasteiger partial charge in [-0.25, -0.2) is 4.98 Å². The molecule has 1 aromatic carbocycles. The largest absolute Gasteiger partial charge is 0.503 e. The monoisotopic (exact) mass is 480 g/mol. The predicted molar refractivity (Wildman–Crippen MR) is 127 cm³/mol. The van der Waals surface area contributed by atoms with Crippen molar-refractivity contribution in [2.75, 3.05) is 7.11 Å². The molecule has 33 heavy (non-hydrogen) atoms. The van der Waals surface area contributed by atoms with Crippen molar-refractivity contribution in [1.29, 1.82) is 0 Å². The van der Waals surface area contributed by atoms with Crippen molar-refractivity contribution in [2.45, 2.75) is 59.2 Å². The maximum Gasteiger partial charge on any atom is 0.305 e. The Labute approximate surface area is 200 Å². The van der Waals surface area contributed by atoms with Gasteiger partial charge in [-0.15, -0.1) is 0 Å². The highest BCUT2D eigenvalue weighted by atomic mass is 35.5. The smallest absolute Gasteiger partial charge is 0.305 e. The average Bonchev–Trinajstić information content (AvgIpc) is 2.80. The van der Waals surface area contributed by atoms with E-state index in [0.717, 1.165) is 12.8 Å². The zero-order chi connectivity index (χ0) is 25.0. The number of methoxy groups -OCH3 is 1. The molecule has 2 aromatic rings. The number of ether oxygens (including phenoxy) is 3. The number of nitrogens with two attached hydrogens (primary N) is 1. The van der Waals surface area contributed by atoms with E-state index in [9.17, 15) is 14.7 Å². The Bertz CT molecular complexity index is 904. The van der Waals surface area contributed by atoms with Gasteiger partial charge in [-0.05, 0) is 37.8 Å². The minimum atomic E-state index is -0.786. The standard InChI is InChI=1S/C17H25ClO3.C7H8N2O3/c1-5-13(6-2)17(12(4)20-16(19)7-3)21-15-11-9-8-10-14(15)18;1-12-4-2-3-9-5(6(4)10)7(8)11/h8-13,17H,5-7H2,1-4H3;2-3,10H,1H3,(H2,8,11)/t12?,17-;/m0./s1. The zero-order valence-electron chi connectivity index (χ0n) is 19.7. The molecule has 0 fully saturated rings. The highest BCUT2D eigenvalue weighted by Crippen LogP contribution is 2.29. The van der Waals surface area contributed by atoms with Gasteiger partial charge in [0.2, 0.25) is 0 Å². The molecule has 1 amide bonds. The summed E-state index contributed by atoms with van der Waals surface area (Å²) in [5.41, 5.74) is 4.74. The SMILES string of the molecule is CCC(=O)OC(C)[C@H](Oc1ccccc1Cl)C(CC)CC.COc1ccnc(C(N)=O)c1O.